The van der Waals surface area contributed by atoms with Crippen molar-refractivity contribution < 1.29 is 23.0 Å². The van der Waals surface area contributed by atoms with E-state index in [9.17, 15) is 14.0 Å². The highest BCUT2D eigenvalue weighted by Gasteiger charge is 2.20. The van der Waals surface area contributed by atoms with Gasteiger partial charge in [0.1, 0.15) is 25.2 Å². The first-order valence-electron chi connectivity index (χ1n) is 12.8. The third kappa shape index (κ3) is 5.81. The number of H-pyrrole nitrogens is 1. The summed E-state index contributed by atoms with van der Waals surface area (Å²) in [7, 11) is 1.61. The van der Waals surface area contributed by atoms with Gasteiger partial charge in [-0.1, -0.05) is 0 Å². The van der Waals surface area contributed by atoms with Crippen LogP contribution in [0.2, 0.25) is 0 Å². The first-order chi connectivity index (χ1) is 19.6. The van der Waals surface area contributed by atoms with Crippen LogP contribution in [-0.4, -0.2) is 36.6 Å². The smallest absolute Gasteiger partial charge is 0.329 e. The molecule has 0 radical (unpaired) electrons. The predicted molar refractivity (Wildman–Crippen MR) is 149 cm³/mol. The molecule has 5 aromatic rings. The molecule has 41 heavy (non-hydrogen) atoms. The minimum Gasteiger partial charge on any atom is -0.482 e. The quantitative estimate of drug-likeness (QED) is 0.267. The molecule has 212 valence electrons. The summed E-state index contributed by atoms with van der Waals surface area (Å²) < 4.78 is 41.8. The van der Waals surface area contributed by atoms with E-state index in [1.165, 1.54) is 40.6 Å². The Bertz CT molecular complexity index is 1750. The van der Waals surface area contributed by atoms with E-state index in [0.29, 0.717) is 45.0 Å². The lowest BCUT2D eigenvalue weighted by molar-refractivity contribution is -0.116. The Morgan fingerprint density at radius 3 is 2.56 bits per heavy atom. The van der Waals surface area contributed by atoms with Crippen LogP contribution in [0.1, 0.15) is 23.9 Å². The van der Waals surface area contributed by atoms with E-state index in [0.717, 1.165) is 5.56 Å². The minimum atomic E-state index is -1.46. The Morgan fingerprint density at radius 1 is 1.15 bits per heavy atom. The summed E-state index contributed by atoms with van der Waals surface area (Å²) in [6.07, 6.45) is -0.115. The van der Waals surface area contributed by atoms with E-state index >= 15 is 4.39 Å². The standard InChI is InChI=1S/C29H28F2N6O4/c1-16-9-22(19-11-17(2)28(23(31)12-19)40-14-25-32-15-33-35-25)27-24(10-16)37(29(39)36(27)4)13-26(38)34-20-5-7-21(8-6-20)41-18(3)30/h5-12,15,18H,13-14H2,1-4H3,(H,34,38)(H,32,33,35). The summed E-state index contributed by atoms with van der Waals surface area (Å²) in [5.74, 6) is -0.102. The second kappa shape index (κ2) is 11.2. The molecule has 2 heterocycles. The average molecular weight is 563 g/mol. The zero-order valence-electron chi connectivity index (χ0n) is 22.9. The molecule has 0 saturated carbocycles. The van der Waals surface area contributed by atoms with Crippen LogP contribution in [0.4, 0.5) is 14.5 Å². The van der Waals surface area contributed by atoms with E-state index in [2.05, 4.69) is 20.5 Å². The van der Waals surface area contributed by atoms with Crippen LogP contribution < -0.4 is 20.5 Å². The molecule has 0 spiro atoms. The monoisotopic (exact) mass is 562 g/mol. The highest BCUT2D eigenvalue weighted by molar-refractivity contribution is 5.96. The van der Waals surface area contributed by atoms with Crippen molar-refractivity contribution >= 4 is 22.6 Å². The molecule has 3 aromatic carbocycles. The van der Waals surface area contributed by atoms with Gasteiger partial charge in [-0.15, -0.1) is 0 Å². The number of fused-ring (bicyclic) bond motifs is 1. The molecule has 10 nitrogen and oxygen atoms in total. The SMILES string of the molecule is Cc1cc(-c2cc(C)c(OCc3ncn[nH]3)c(F)c2)c2c(c1)n(CC(=O)Nc1ccc(OC(C)F)cc1)c(=O)n2C. The average Bonchev–Trinajstić information content (AvgIpc) is 3.51. The number of carbonyl (C=O) groups is 1. The van der Waals surface area contributed by atoms with Gasteiger partial charge in [-0.2, -0.15) is 5.10 Å². The third-order valence-electron chi connectivity index (χ3n) is 6.47. The molecule has 2 N–H and O–H groups in total. The number of aromatic amines is 1. The number of carbonyl (C=O) groups excluding carboxylic acids is 1. The predicted octanol–water partition coefficient (Wildman–Crippen LogP) is 4.79. The van der Waals surface area contributed by atoms with Crippen LogP contribution in [0.3, 0.4) is 0 Å². The second-order valence-electron chi connectivity index (χ2n) is 9.67. The summed E-state index contributed by atoms with van der Waals surface area (Å²) in [5, 5.41) is 9.17. The third-order valence-corrected chi connectivity index (χ3v) is 6.47. The maximum absolute atomic E-state index is 15.3. The van der Waals surface area contributed by atoms with Crippen molar-refractivity contribution in [2.75, 3.05) is 5.32 Å². The molecule has 0 aliphatic carbocycles. The summed E-state index contributed by atoms with van der Waals surface area (Å²) in [6, 6.07) is 13.1. The van der Waals surface area contributed by atoms with Crippen molar-refractivity contribution in [3.63, 3.8) is 0 Å². The van der Waals surface area contributed by atoms with Crippen molar-refractivity contribution in [1.29, 1.82) is 0 Å². The van der Waals surface area contributed by atoms with Crippen LogP contribution in [0.5, 0.6) is 11.5 Å². The maximum Gasteiger partial charge on any atom is 0.329 e. The number of imidazole rings is 1. The zero-order valence-corrected chi connectivity index (χ0v) is 22.9. The number of anilines is 1. The summed E-state index contributed by atoms with van der Waals surface area (Å²) in [4.78, 5) is 30.2. The summed E-state index contributed by atoms with van der Waals surface area (Å²) >= 11 is 0. The second-order valence-corrected chi connectivity index (χ2v) is 9.67. The molecule has 12 heteroatoms. The minimum absolute atomic E-state index is 0.0277. The van der Waals surface area contributed by atoms with Crippen LogP contribution in [0.15, 0.2) is 59.7 Å². The molecule has 0 fully saturated rings. The number of nitrogens with one attached hydrogen (secondary N) is 2. The largest absolute Gasteiger partial charge is 0.482 e. The molecule has 1 unspecified atom stereocenters. The van der Waals surface area contributed by atoms with Gasteiger partial charge in [0.05, 0.1) is 11.0 Å². The highest BCUT2D eigenvalue weighted by atomic mass is 19.1. The molecule has 0 bridgehead atoms. The molecule has 1 amide bonds. The number of benzene rings is 3. The molecule has 2 aromatic heterocycles. The van der Waals surface area contributed by atoms with Crippen molar-refractivity contribution in [2.24, 2.45) is 7.05 Å². The van der Waals surface area contributed by atoms with Gasteiger partial charge in [-0.05, 0) is 79.1 Å². The van der Waals surface area contributed by atoms with Crippen LogP contribution in [0, 0.1) is 19.7 Å². The number of halogens is 2. The van der Waals surface area contributed by atoms with Crippen molar-refractivity contribution in [1.82, 2.24) is 24.3 Å². The molecular weight excluding hydrogens is 534 g/mol. The van der Waals surface area contributed by atoms with Gasteiger partial charge < -0.3 is 14.8 Å². The molecule has 0 aliphatic heterocycles. The van der Waals surface area contributed by atoms with Gasteiger partial charge >= 0.3 is 5.69 Å². The molecule has 1 atom stereocenters. The lowest BCUT2D eigenvalue weighted by Gasteiger charge is -2.13. The van der Waals surface area contributed by atoms with Crippen molar-refractivity contribution in [3.8, 4) is 22.6 Å². The van der Waals surface area contributed by atoms with E-state index in [-0.39, 0.29) is 18.9 Å². The summed E-state index contributed by atoms with van der Waals surface area (Å²) in [6.45, 7) is 4.65. The topological polar surface area (TPSA) is 116 Å². The van der Waals surface area contributed by atoms with Crippen LogP contribution >= 0.6 is 0 Å². The van der Waals surface area contributed by atoms with Crippen LogP contribution in [0.25, 0.3) is 22.2 Å². The van der Waals surface area contributed by atoms with Crippen molar-refractivity contribution in [3.05, 3.63) is 88.1 Å². The summed E-state index contributed by atoms with van der Waals surface area (Å²) in [5.41, 5.74) is 3.76. The fraction of sp³-hybridized carbons (Fsp3) is 0.241. The Labute approximate surface area is 233 Å². The van der Waals surface area contributed by atoms with E-state index in [1.807, 2.05) is 19.1 Å². The normalized spacial score (nSPS) is 12.0. The van der Waals surface area contributed by atoms with Crippen molar-refractivity contribution in [2.45, 2.75) is 40.3 Å². The Kier molecular flexibility index (Phi) is 7.56. The van der Waals surface area contributed by atoms with Crippen LogP contribution in [-0.2, 0) is 25.0 Å². The van der Waals surface area contributed by atoms with Gasteiger partial charge in [0, 0.05) is 25.2 Å². The van der Waals surface area contributed by atoms with Gasteiger partial charge in [0.2, 0.25) is 12.3 Å². The number of amides is 1. The van der Waals surface area contributed by atoms with E-state index < -0.39 is 23.8 Å². The Balaban J connectivity index is 1.44. The number of hydrogen-bond donors (Lipinski definition) is 2. The number of nitrogens with zero attached hydrogens (tertiary/aromatic N) is 4. The van der Waals surface area contributed by atoms with E-state index in [4.69, 9.17) is 9.47 Å². The first kappa shape index (κ1) is 27.6. The molecule has 0 aliphatic rings. The first-order valence-corrected chi connectivity index (χ1v) is 12.8. The number of alkyl halides is 1. The van der Waals surface area contributed by atoms with E-state index in [1.54, 1.807) is 32.2 Å². The molecule has 0 saturated heterocycles. The fourth-order valence-electron chi connectivity index (χ4n) is 4.73. The molecule has 5 rings (SSSR count). The van der Waals surface area contributed by atoms with Gasteiger partial charge in [-0.3, -0.25) is 19.0 Å². The number of rotatable bonds is 9. The zero-order chi connectivity index (χ0) is 29.3. The van der Waals surface area contributed by atoms with Gasteiger partial charge in [0.15, 0.2) is 17.4 Å². The molecular formula is C29H28F2N6O4. The van der Waals surface area contributed by atoms with Gasteiger partial charge in [-0.25, -0.2) is 18.6 Å². The highest BCUT2D eigenvalue weighted by Crippen LogP contribution is 2.34. The Hall–Kier alpha value is -5.00. The Morgan fingerprint density at radius 2 is 1.90 bits per heavy atom. The fourth-order valence-corrected chi connectivity index (χ4v) is 4.73. The number of aromatic nitrogens is 5. The maximum atomic E-state index is 15.3. The van der Waals surface area contributed by atoms with Gasteiger partial charge in [0.25, 0.3) is 0 Å². The number of ether oxygens (including phenoxy) is 2. The number of hydrogen-bond acceptors (Lipinski definition) is 6. The lowest BCUT2D eigenvalue weighted by Crippen LogP contribution is -2.28. The number of aryl methyl sites for hydroxylation is 3. The lowest BCUT2D eigenvalue weighted by atomic mass is 9.99.